The number of ether oxygens (including phenoxy) is 1. The van der Waals surface area contributed by atoms with Crippen LogP contribution in [0.5, 0.6) is 5.75 Å². The van der Waals surface area contributed by atoms with E-state index in [-0.39, 0.29) is 0 Å². The number of aromatic nitrogens is 2. The van der Waals surface area contributed by atoms with Gasteiger partial charge < -0.3 is 10.5 Å². The van der Waals surface area contributed by atoms with Gasteiger partial charge in [0.05, 0.1) is 12.5 Å². The lowest BCUT2D eigenvalue weighted by Crippen LogP contribution is -1.99. The SMILES string of the molecule is N#CCc1ccc(OCc2nnsc2N)cc1. The van der Waals surface area contributed by atoms with E-state index in [4.69, 9.17) is 15.7 Å². The van der Waals surface area contributed by atoms with Crippen LogP contribution in [-0.4, -0.2) is 9.59 Å². The summed E-state index contributed by atoms with van der Waals surface area (Å²) in [5, 5.41) is 13.0. The lowest BCUT2D eigenvalue weighted by Gasteiger charge is -2.04. The van der Waals surface area contributed by atoms with Crippen LogP contribution in [0.2, 0.25) is 0 Å². The first-order valence-electron chi connectivity index (χ1n) is 4.95. The van der Waals surface area contributed by atoms with E-state index in [0.717, 1.165) is 22.8 Å². The average Bonchev–Trinajstić information content (AvgIpc) is 2.75. The third-order valence-corrected chi connectivity index (χ3v) is 2.76. The molecule has 2 rings (SSSR count). The highest BCUT2D eigenvalue weighted by Gasteiger charge is 2.04. The van der Waals surface area contributed by atoms with Crippen molar-refractivity contribution < 1.29 is 4.74 Å². The molecule has 0 aliphatic heterocycles. The van der Waals surface area contributed by atoms with Crippen LogP contribution in [-0.2, 0) is 13.0 Å². The number of hydrogen-bond donors (Lipinski definition) is 1. The minimum absolute atomic E-state index is 0.305. The van der Waals surface area contributed by atoms with E-state index in [9.17, 15) is 0 Å². The quantitative estimate of drug-likeness (QED) is 0.888. The molecule has 1 aromatic heterocycles. The maximum Gasteiger partial charge on any atom is 0.136 e. The number of nitrogen functional groups attached to an aromatic ring is 1. The molecule has 17 heavy (non-hydrogen) atoms. The van der Waals surface area contributed by atoms with E-state index in [1.165, 1.54) is 0 Å². The predicted molar refractivity (Wildman–Crippen MR) is 64.4 cm³/mol. The van der Waals surface area contributed by atoms with Crippen LogP contribution in [0.1, 0.15) is 11.3 Å². The Morgan fingerprint density at radius 2 is 2.12 bits per heavy atom. The molecule has 0 unspecified atom stereocenters. The minimum Gasteiger partial charge on any atom is -0.487 e. The Morgan fingerprint density at radius 3 is 2.71 bits per heavy atom. The molecule has 0 spiro atoms. The van der Waals surface area contributed by atoms with Crippen molar-refractivity contribution in [2.24, 2.45) is 0 Å². The normalized spacial score (nSPS) is 9.82. The summed E-state index contributed by atoms with van der Waals surface area (Å²) in [5.41, 5.74) is 7.26. The lowest BCUT2D eigenvalue weighted by atomic mass is 10.2. The van der Waals surface area contributed by atoms with Crippen molar-refractivity contribution in [3.8, 4) is 11.8 Å². The molecule has 0 amide bonds. The van der Waals surface area contributed by atoms with E-state index >= 15 is 0 Å². The topological polar surface area (TPSA) is 84.8 Å². The molecule has 1 heterocycles. The van der Waals surface area contributed by atoms with Crippen LogP contribution in [0.4, 0.5) is 5.00 Å². The Hall–Kier alpha value is -2.13. The second kappa shape index (κ2) is 5.27. The van der Waals surface area contributed by atoms with Crippen molar-refractivity contribution in [3.63, 3.8) is 0 Å². The molecule has 0 aliphatic carbocycles. The van der Waals surface area contributed by atoms with Gasteiger partial charge in [-0.05, 0) is 17.7 Å². The first kappa shape index (κ1) is 11.4. The minimum atomic E-state index is 0.305. The number of nitrogens with two attached hydrogens (primary N) is 1. The Bertz CT molecular complexity index is 529. The second-order valence-electron chi connectivity index (χ2n) is 3.35. The Balaban J connectivity index is 1.96. The fourth-order valence-corrected chi connectivity index (χ4v) is 1.69. The van der Waals surface area contributed by atoms with Crippen LogP contribution in [0.25, 0.3) is 0 Å². The molecule has 5 nitrogen and oxygen atoms in total. The van der Waals surface area contributed by atoms with E-state index in [1.807, 2.05) is 24.3 Å². The van der Waals surface area contributed by atoms with Gasteiger partial charge in [0, 0.05) is 11.5 Å². The van der Waals surface area contributed by atoms with Crippen molar-refractivity contribution >= 4 is 16.5 Å². The predicted octanol–water partition coefficient (Wildman–Crippen LogP) is 1.77. The molecule has 6 heteroatoms. The van der Waals surface area contributed by atoms with Crippen molar-refractivity contribution in [3.05, 3.63) is 35.5 Å². The maximum absolute atomic E-state index is 8.54. The molecule has 0 aliphatic rings. The highest BCUT2D eigenvalue weighted by molar-refractivity contribution is 7.09. The summed E-state index contributed by atoms with van der Waals surface area (Å²) in [6.07, 6.45) is 0.406. The molecule has 0 bridgehead atoms. The van der Waals surface area contributed by atoms with Crippen LogP contribution >= 0.6 is 11.5 Å². The number of nitrogens with zero attached hydrogens (tertiary/aromatic N) is 3. The first-order valence-corrected chi connectivity index (χ1v) is 5.72. The Labute approximate surface area is 103 Å². The highest BCUT2D eigenvalue weighted by Crippen LogP contribution is 2.17. The monoisotopic (exact) mass is 246 g/mol. The summed E-state index contributed by atoms with van der Waals surface area (Å²) in [6, 6.07) is 9.46. The number of nitriles is 1. The molecule has 0 atom stereocenters. The Kier molecular flexibility index (Phi) is 3.52. The van der Waals surface area contributed by atoms with Gasteiger partial charge in [0.25, 0.3) is 0 Å². The third kappa shape index (κ3) is 2.92. The van der Waals surface area contributed by atoms with E-state index in [0.29, 0.717) is 23.7 Å². The molecular weight excluding hydrogens is 236 g/mol. The molecule has 2 N–H and O–H groups in total. The summed E-state index contributed by atoms with van der Waals surface area (Å²) in [6.45, 7) is 0.305. The molecule has 2 aromatic rings. The van der Waals surface area contributed by atoms with Gasteiger partial charge in [0.1, 0.15) is 23.1 Å². The van der Waals surface area contributed by atoms with Gasteiger partial charge in [-0.3, -0.25) is 0 Å². The first-order chi connectivity index (χ1) is 8.29. The fourth-order valence-electron chi connectivity index (χ4n) is 1.26. The standard InChI is InChI=1S/C11H10N4OS/c12-6-5-8-1-3-9(4-2-8)16-7-10-11(13)17-15-14-10/h1-4H,5,7,13H2. The average molecular weight is 246 g/mol. The summed E-state index contributed by atoms with van der Waals surface area (Å²) in [5.74, 6) is 0.721. The fraction of sp³-hybridized carbons (Fsp3) is 0.182. The molecular formula is C11H10N4OS. The molecule has 86 valence electrons. The van der Waals surface area contributed by atoms with Gasteiger partial charge in [-0.25, -0.2) is 0 Å². The summed E-state index contributed by atoms with van der Waals surface area (Å²) < 4.78 is 9.23. The largest absolute Gasteiger partial charge is 0.487 e. The van der Waals surface area contributed by atoms with Crippen molar-refractivity contribution in [1.29, 1.82) is 5.26 Å². The van der Waals surface area contributed by atoms with Crippen molar-refractivity contribution in [2.45, 2.75) is 13.0 Å². The van der Waals surface area contributed by atoms with Gasteiger partial charge in [-0.1, -0.05) is 16.6 Å². The van der Waals surface area contributed by atoms with Crippen LogP contribution in [0.3, 0.4) is 0 Å². The van der Waals surface area contributed by atoms with Crippen LogP contribution in [0.15, 0.2) is 24.3 Å². The maximum atomic E-state index is 8.54. The number of benzene rings is 1. The molecule has 1 aromatic carbocycles. The molecule has 0 fully saturated rings. The van der Waals surface area contributed by atoms with E-state index in [1.54, 1.807) is 0 Å². The number of hydrogen-bond acceptors (Lipinski definition) is 6. The third-order valence-electron chi connectivity index (χ3n) is 2.17. The van der Waals surface area contributed by atoms with Gasteiger partial charge in [-0.2, -0.15) is 5.26 Å². The van der Waals surface area contributed by atoms with Gasteiger partial charge in [0.2, 0.25) is 0 Å². The Morgan fingerprint density at radius 1 is 1.35 bits per heavy atom. The molecule has 0 radical (unpaired) electrons. The highest BCUT2D eigenvalue weighted by atomic mass is 32.1. The summed E-state index contributed by atoms with van der Waals surface area (Å²) >= 11 is 1.15. The van der Waals surface area contributed by atoms with E-state index < -0.39 is 0 Å². The summed E-state index contributed by atoms with van der Waals surface area (Å²) in [7, 11) is 0. The van der Waals surface area contributed by atoms with E-state index in [2.05, 4.69) is 15.7 Å². The van der Waals surface area contributed by atoms with Gasteiger partial charge in [0.15, 0.2) is 0 Å². The second-order valence-corrected chi connectivity index (χ2v) is 4.14. The number of rotatable bonds is 4. The van der Waals surface area contributed by atoms with Gasteiger partial charge >= 0.3 is 0 Å². The van der Waals surface area contributed by atoms with Gasteiger partial charge in [-0.15, -0.1) is 5.10 Å². The lowest BCUT2D eigenvalue weighted by molar-refractivity contribution is 0.302. The molecule has 0 saturated carbocycles. The zero-order valence-electron chi connectivity index (χ0n) is 8.96. The van der Waals surface area contributed by atoms with Crippen molar-refractivity contribution in [2.75, 3.05) is 5.73 Å². The summed E-state index contributed by atoms with van der Waals surface area (Å²) in [4.78, 5) is 0. The van der Waals surface area contributed by atoms with Crippen molar-refractivity contribution in [1.82, 2.24) is 9.59 Å². The smallest absolute Gasteiger partial charge is 0.136 e. The zero-order chi connectivity index (χ0) is 12.1. The number of anilines is 1. The molecule has 0 saturated heterocycles. The zero-order valence-corrected chi connectivity index (χ0v) is 9.78. The van der Waals surface area contributed by atoms with Crippen LogP contribution < -0.4 is 10.5 Å². The van der Waals surface area contributed by atoms with Crippen LogP contribution in [0, 0.1) is 11.3 Å².